The topological polar surface area (TPSA) is 61.8 Å². The Morgan fingerprint density at radius 3 is 2.67 bits per heavy atom. The predicted octanol–water partition coefficient (Wildman–Crippen LogP) is 5.89. The van der Waals surface area contributed by atoms with Gasteiger partial charge in [-0.05, 0) is 60.7 Å². The van der Waals surface area contributed by atoms with Crippen LogP contribution >= 0.6 is 0 Å². The van der Waals surface area contributed by atoms with Gasteiger partial charge in [0.15, 0.2) is 11.5 Å². The molecule has 5 nitrogen and oxygen atoms in total. The van der Waals surface area contributed by atoms with Crippen LogP contribution in [0.25, 0.3) is 0 Å². The monoisotopic (exact) mass is 440 g/mol. The molecule has 0 fully saturated rings. The molecule has 3 unspecified atom stereocenters. The molecule has 3 aromatic rings. The van der Waals surface area contributed by atoms with Crippen LogP contribution in [0.2, 0.25) is 0 Å². The fourth-order valence-electron chi connectivity index (χ4n) is 5.23. The van der Waals surface area contributed by atoms with Crippen molar-refractivity contribution in [1.29, 1.82) is 0 Å². The highest BCUT2D eigenvalue weighted by Crippen LogP contribution is 2.51. The quantitative estimate of drug-likeness (QED) is 0.486. The molecule has 0 saturated heterocycles. The number of fused-ring (bicyclic) bond motifs is 3. The number of aromatic hydroxyl groups is 1. The Bertz CT molecular complexity index is 1210. The van der Waals surface area contributed by atoms with Gasteiger partial charge in [0.05, 0.1) is 24.4 Å². The van der Waals surface area contributed by atoms with Gasteiger partial charge in [0.2, 0.25) is 0 Å². The molecule has 0 saturated carbocycles. The first-order valence-electron chi connectivity index (χ1n) is 11.4. The first-order chi connectivity index (χ1) is 16.1. The number of rotatable bonds is 5. The van der Waals surface area contributed by atoms with E-state index < -0.39 is 0 Å². The maximum atomic E-state index is 13.7. The van der Waals surface area contributed by atoms with Crippen molar-refractivity contribution in [2.45, 2.75) is 25.3 Å². The maximum Gasteiger partial charge on any atom is 0.260 e. The van der Waals surface area contributed by atoms with E-state index in [2.05, 4.69) is 23.5 Å². The second-order valence-electron chi connectivity index (χ2n) is 8.56. The third kappa shape index (κ3) is 3.63. The maximum absolute atomic E-state index is 13.7. The summed E-state index contributed by atoms with van der Waals surface area (Å²) in [4.78, 5) is 15.5. The van der Waals surface area contributed by atoms with Crippen molar-refractivity contribution in [1.82, 2.24) is 0 Å². The zero-order valence-corrected chi connectivity index (χ0v) is 18.9. The van der Waals surface area contributed by atoms with E-state index in [1.807, 2.05) is 60.4 Å². The van der Waals surface area contributed by atoms with Gasteiger partial charge < -0.3 is 20.1 Å². The molecule has 1 aliphatic carbocycles. The number of ether oxygens (including phenoxy) is 1. The normalized spacial score (nSPS) is 20.5. The zero-order valence-electron chi connectivity index (χ0n) is 18.9. The van der Waals surface area contributed by atoms with Gasteiger partial charge in [0.1, 0.15) is 0 Å². The van der Waals surface area contributed by atoms with Gasteiger partial charge >= 0.3 is 0 Å². The number of nitrogens with zero attached hydrogens (tertiary/aromatic N) is 1. The van der Waals surface area contributed by atoms with Crippen molar-refractivity contribution in [3.05, 3.63) is 95.6 Å². The Hall–Kier alpha value is -3.73. The molecule has 33 heavy (non-hydrogen) atoms. The molecule has 2 aliphatic rings. The van der Waals surface area contributed by atoms with Crippen LogP contribution in [0.1, 0.15) is 46.8 Å². The van der Waals surface area contributed by atoms with Gasteiger partial charge in [-0.1, -0.05) is 48.6 Å². The standard InChI is InChI=1S/C28H28N2O3/c1-3-30(19-9-5-4-6-10-19)28(32)23-14-8-13-22-20-11-7-12-21(20)26(29-27(22)23)18-15-16-25(33-2)24(31)17-18/h4-11,13-17,20-21,26,29,31H,3,12H2,1-2H3. The molecule has 1 aliphatic heterocycles. The molecule has 5 rings (SSSR count). The minimum Gasteiger partial charge on any atom is -0.504 e. The molecule has 1 amide bonds. The molecule has 3 aromatic carbocycles. The van der Waals surface area contributed by atoms with Crippen LogP contribution in [-0.4, -0.2) is 24.7 Å². The number of hydrogen-bond donors (Lipinski definition) is 2. The van der Waals surface area contributed by atoms with E-state index in [4.69, 9.17) is 4.74 Å². The van der Waals surface area contributed by atoms with E-state index in [9.17, 15) is 9.90 Å². The van der Waals surface area contributed by atoms with Crippen LogP contribution in [0.15, 0.2) is 78.9 Å². The van der Waals surface area contributed by atoms with Crippen LogP contribution in [0, 0.1) is 5.92 Å². The second-order valence-corrected chi connectivity index (χ2v) is 8.56. The number of carbonyl (C=O) groups excluding carboxylic acids is 1. The minimum atomic E-state index is -0.0324. The summed E-state index contributed by atoms with van der Waals surface area (Å²) in [6.45, 7) is 2.57. The summed E-state index contributed by atoms with van der Waals surface area (Å²) in [5.41, 5.74) is 4.56. The second kappa shape index (κ2) is 8.66. The lowest BCUT2D eigenvalue weighted by Crippen LogP contribution is -2.34. The highest BCUT2D eigenvalue weighted by molar-refractivity contribution is 6.10. The van der Waals surface area contributed by atoms with Crippen molar-refractivity contribution >= 4 is 17.3 Å². The van der Waals surface area contributed by atoms with Crippen molar-refractivity contribution in [3.63, 3.8) is 0 Å². The number of nitrogens with one attached hydrogen (secondary N) is 1. The summed E-state index contributed by atoms with van der Waals surface area (Å²) in [6.07, 6.45) is 5.42. The van der Waals surface area contributed by atoms with Gasteiger partial charge in [-0.2, -0.15) is 0 Å². The first kappa shape index (κ1) is 21.1. The van der Waals surface area contributed by atoms with E-state index >= 15 is 0 Å². The number of carbonyl (C=O) groups is 1. The third-order valence-electron chi connectivity index (χ3n) is 6.82. The average Bonchev–Trinajstić information content (AvgIpc) is 3.34. The third-order valence-corrected chi connectivity index (χ3v) is 6.82. The van der Waals surface area contributed by atoms with Gasteiger partial charge in [-0.3, -0.25) is 4.79 Å². The average molecular weight is 441 g/mol. The van der Waals surface area contributed by atoms with Gasteiger partial charge in [-0.15, -0.1) is 0 Å². The molecule has 1 heterocycles. The zero-order chi connectivity index (χ0) is 22.9. The Morgan fingerprint density at radius 2 is 1.94 bits per heavy atom. The van der Waals surface area contributed by atoms with Gasteiger partial charge in [0, 0.05) is 18.2 Å². The predicted molar refractivity (Wildman–Crippen MR) is 131 cm³/mol. The van der Waals surface area contributed by atoms with E-state index in [0.29, 0.717) is 23.8 Å². The lowest BCUT2D eigenvalue weighted by Gasteiger charge is -2.38. The number of phenols is 1. The lowest BCUT2D eigenvalue weighted by molar-refractivity contribution is 0.0988. The number of amides is 1. The molecule has 3 atom stereocenters. The molecule has 0 aromatic heterocycles. The molecular weight excluding hydrogens is 412 g/mol. The smallest absolute Gasteiger partial charge is 0.260 e. The molecular formula is C28H28N2O3. The largest absolute Gasteiger partial charge is 0.504 e. The van der Waals surface area contributed by atoms with Crippen molar-refractivity contribution < 1.29 is 14.6 Å². The van der Waals surface area contributed by atoms with E-state index in [1.165, 1.54) is 0 Å². The van der Waals surface area contributed by atoms with Crippen molar-refractivity contribution in [3.8, 4) is 11.5 Å². The molecule has 0 radical (unpaired) electrons. The van der Waals surface area contributed by atoms with Crippen LogP contribution < -0.4 is 15.0 Å². The number of allylic oxidation sites excluding steroid dienone is 2. The summed E-state index contributed by atoms with van der Waals surface area (Å²) < 4.78 is 5.23. The summed E-state index contributed by atoms with van der Waals surface area (Å²) in [7, 11) is 1.55. The number of methoxy groups -OCH3 is 1. The Kier molecular flexibility index (Phi) is 5.55. The molecule has 5 heteroatoms. The number of hydrogen-bond acceptors (Lipinski definition) is 4. The van der Waals surface area contributed by atoms with E-state index in [0.717, 1.165) is 28.9 Å². The molecule has 0 spiro atoms. The van der Waals surface area contributed by atoms with E-state index in [-0.39, 0.29) is 23.6 Å². The van der Waals surface area contributed by atoms with E-state index in [1.54, 1.807) is 19.2 Å². The lowest BCUT2D eigenvalue weighted by atomic mass is 9.76. The SMILES string of the molecule is CCN(C(=O)c1cccc2c1NC(c1ccc(OC)c(O)c1)C1CC=CC21)c1ccccc1. The first-order valence-corrected chi connectivity index (χ1v) is 11.4. The summed E-state index contributed by atoms with van der Waals surface area (Å²) >= 11 is 0. The van der Waals surface area contributed by atoms with Crippen LogP contribution in [0.3, 0.4) is 0 Å². The van der Waals surface area contributed by atoms with Gasteiger partial charge in [0.25, 0.3) is 5.91 Å². The van der Waals surface area contributed by atoms with Gasteiger partial charge in [-0.25, -0.2) is 0 Å². The molecule has 2 N–H and O–H groups in total. The minimum absolute atomic E-state index is 0.0233. The molecule has 0 bridgehead atoms. The number of phenolic OH excluding ortho intramolecular Hbond substituents is 1. The van der Waals surface area contributed by atoms with Crippen LogP contribution in [0.5, 0.6) is 11.5 Å². The van der Waals surface area contributed by atoms with Crippen molar-refractivity contribution in [2.24, 2.45) is 5.92 Å². The summed E-state index contributed by atoms with van der Waals surface area (Å²) in [6, 6.07) is 21.3. The Labute approximate surface area is 194 Å². The number of para-hydroxylation sites is 2. The summed E-state index contributed by atoms with van der Waals surface area (Å²) in [5.74, 6) is 1.08. The van der Waals surface area contributed by atoms with Crippen LogP contribution in [0.4, 0.5) is 11.4 Å². The molecule has 168 valence electrons. The number of anilines is 2. The highest BCUT2D eigenvalue weighted by atomic mass is 16.5. The highest BCUT2D eigenvalue weighted by Gasteiger charge is 2.39. The summed E-state index contributed by atoms with van der Waals surface area (Å²) in [5, 5.41) is 14.1. The van der Waals surface area contributed by atoms with Crippen LogP contribution in [-0.2, 0) is 0 Å². The van der Waals surface area contributed by atoms with Crippen molar-refractivity contribution in [2.75, 3.05) is 23.9 Å². The number of benzene rings is 3. The Morgan fingerprint density at radius 1 is 1.12 bits per heavy atom. The fourth-order valence-corrected chi connectivity index (χ4v) is 5.23. The Balaban J connectivity index is 1.57. The fraction of sp³-hybridized carbons (Fsp3) is 0.250.